The van der Waals surface area contributed by atoms with Gasteiger partial charge in [-0.15, -0.1) is 0 Å². The maximum atomic E-state index is 14.3. The number of halogens is 4. The van der Waals surface area contributed by atoms with E-state index >= 15 is 0 Å². The van der Waals surface area contributed by atoms with Gasteiger partial charge < -0.3 is 14.8 Å². The Hall–Kier alpha value is -3.56. The zero-order valence-electron chi connectivity index (χ0n) is 18.2. The third-order valence-electron chi connectivity index (χ3n) is 4.57. The lowest BCUT2D eigenvalue weighted by Gasteiger charge is -2.27. The quantitative estimate of drug-likeness (QED) is 0.357. The van der Waals surface area contributed by atoms with Gasteiger partial charge in [-0.05, 0) is 48.6 Å². The van der Waals surface area contributed by atoms with Crippen LogP contribution >= 0.6 is 12.2 Å². The molecule has 0 fully saturated rings. The number of benzene rings is 2. The smallest absolute Gasteiger partial charge is 0.417 e. The Morgan fingerprint density at radius 1 is 1.21 bits per heavy atom. The number of nitriles is 1. The average Bonchev–Trinajstić information content (AvgIpc) is 2.78. The minimum absolute atomic E-state index is 0.0250. The number of esters is 1. The van der Waals surface area contributed by atoms with E-state index in [2.05, 4.69) is 10.1 Å². The summed E-state index contributed by atoms with van der Waals surface area (Å²) < 4.78 is 64.1. The molecule has 0 saturated carbocycles. The molecular weight excluding hydrogens is 478 g/mol. The number of ether oxygens (including phenoxy) is 2. The van der Waals surface area contributed by atoms with Crippen molar-refractivity contribution >= 4 is 40.6 Å². The van der Waals surface area contributed by atoms with Crippen LogP contribution in [0.2, 0.25) is 0 Å². The van der Waals surface area contributed by atoms with Crippen LogP contribution in [0.4, 0.5) is 28.9 Å². The highest BCUT2D eigenvalue weighted by atomic mass is 32.1. The lowest BCUT2D eigenvalue weighted by atomic mass is 10.1. The first-order chi connectivity index (χ1) is 15.9. The Balaban J connectivity index is 2.51. The highest BCUT2D eigenvalue weighted by Crippen LogP contribution is 2.35. The van der Waals surface area contributed by atoms with Crippen molar-refractivity contribution in [1.82, 2.24) is 0 Å². The van der Waals surface area contributed by atoms with E-state index in [9.17, 15) is 27.2 Å². The van der Waals surface area contributed by atoms with E-state index in [1.165, 1.54) is 26.2 Å². The Kier molecular flexibility index (Phi) is 8.67. The molecule has 0 radical (unpaired) electrons. The summed E-state index contributed by atoms with van der Waals surface area (Å²) in [6.07, 6.45) is -4.87. The van der Waals surface area contributed by atoms with Gasteiger partial charge >= 0.3 is 12.1 Å². The number of rotatable bonds is 6. The minimum atomic E-state index is -4.87. The molecule has 0 saturated heterocycles. The van der Waals surface area contributed by atoms with Gasteiger partial charge in [0.25, 0.3) is 0 Å². The molecule has 1 N–H and O–H groups in total. The molecule has 0 heterocycles. The van der Waals surface area contributed by atoms with Crippen LogP contribution in [-0.4, -0.2) is 37.8 Å². The highest BCUT2D eigenvalue weighted by Gasteiger charge is 2.35. The number of nitrogens with zero attached hydrogens (tertiary/aromatic N) is 2. The number of alkyl halides is 3. The molecule has 12 heteroatoms. The standard InChI is InChI=1S/C22H19F4N3O4S/c1-12(11-32-2)19(30)29(15-6-4-13(10-27)17(9-15)22(24,25)26)21(34)28-14-5-7-16(18(23)8-14)20(31)33-3/h4-9,12H,11H2,1-3H3,(H,28,34)/t12-/m0/s1. The fourth-order valence-corrected chi connectivity index (χ4v) is 3.25. The number of amides is 1. The predicted molar refractivity (Wildman–Crippen MR) is 119 cm³/mol. The predicted octanol–water partition coefficient (Wildman–Crippen LogP) is 4.52. The summed E-state index contributed by atoms with van der Waals surface area (Å²) in [5.41, 5.74) is -2.46. The second-order valence-corrected chi connectivity index (χ2v) is 7.37. The minimum Gasteiger partial charge on any atom is -0.465 e. The third kappa shape index (κ3) is 6.06. The summed E-state index contributed by atoms with van der Waals surface area (Å²) in [4.78, 5) is 25.4. The van der Waals surface area contributed by atoms with Gasteiger partial charge in [0, 0.05) is 12.8 Å². The molecule has 7 nitrogen and oxygen atoms in total. The number of methoxy groups -OCH3 is 2. The van der Waals surface area contributed by atoms with Crippen LogP contribution in [-0.2, 0) is 20.4 Å². The van der Waals surface area contributed by atoms with Crippen molar-refractivity contribution < 1.29 is 36.6 Å². The third-order valence-corrected chi connectivity index (χ3v) is 4.86. The topological polar surface area (TPSA) is 91.7 Å². The van der Waals surface area contributed by atoms with Gasteiger partial charge in [0.2, 0.25) is 5.91 Å². The molecule has 2 aromatic carbocycles. The van der Waals surface area contributed by atoms with Gasteiger partial charge in [0.15, 0.2) is 5.11 Å². The molecule has 0 aliphatic rings. The molecule has 0 aliphatic heterocycles. The number of hydrogen-bond donors (Lipinski definition) is 1. The zero-order valence-corrected chi connectivity index (χ0v) is 19.0. The first-order valence-corrected chi connectivity index (χ1v) is 9.98. The monoisotopic (exact) mass is 497 g/mol. The first-order valence-electron chi connectivity index (χ1n) is 9.57. The Morgan fingerprint density at radius 3 is 2.41 bits per heavy atom. The van der Waals surface area contributed by atoms with Crippen LogP contribution in [0.1, 0.15) is 28.4 Å². The van der Waals surface area contributed by atoms with Crippen molar-refractivity contribution in [2.45, 2.75) is 13.1 Å². The van der Waals surface area contributed by atoms with Crippen molar-refractivity contribution in [3.05, 3.63) is 58.9 Å². The van der Waals surface area contributed by atoms with E-state index in [0.717, 1.165) is 36.3 Å². The maximum Gasteiger partial charge on any atom is 0.417 e. The van der Waals surface area contributed by atoms with Crippen LogP contribution in [0.5, 0.6) is 0 Å². The first kappa shape index (κ1) is 26.7. The number of hydrogen-bond acceptors (Lipinski definition) is 6. The van der Waals surface area contributed by atoms with E-state index in [1.54, 1.807) is 0 Å². The van der Waals surface area contributed by atoms with Crippen LogP contribution in [0.25, 0.3) is 0 Å². The van der Waals surface area contributed by atoms with Crippen LogP contribution in [0.15, 0.2) is 36.4 Å². The van der Waals surface area contributed by atoms with E-state index < -0.39 is 40.9 Å². The van der Waals surface area contributed by atoms with Crippen LogP contribution < -0.4 is 10.2 Å². The lowest BCUT2D eigenvalue weighted by molar-refractivity contribution is -0.137. The van der Waals surface area contributed by atoms with Crippen molar-refractivity contribution in [3.8, 4) is 6.07 Å². The van der Waals surface area contributed by atoms with Gasteiger partial charge in [0.1, 0.15) is 5.82 Å². The summed E-state index contributed by atoms with van der Waals surface area (Å²) >= 11 is 5.26. The van der Waals surface area contributed by atoms with Gasteiger partial charge in [-0.2, -0.15) is 18.4 Å². The van der Waals surface area contributed by atoms with E-state index in [0.29, 0.717) is 6.07 Å². The molecule has 0 aromatic heterocycles. The van der Waals surface area contributed by atoms with E-state index in [4.69, 9.17) is 22.2 Å². The van der Waals surface area contributed by atoms with Gasteiger partial charge in [-0.1, -0.05) is 6.92 Å². The molecule has 0 spiro atoms. The number of nitrogens with one attached hydrogen (secondary N) is 1. The summed E-state index contributed by atoms with van der Waals surface area (Å²) in [6, 6.07) is 7.47. The highest BCUT2D eigenvalue weighted by molar-refractivity contribution is 7.80. The molecule has 1 amide bonds. The molecule has 0 bridgehead atoms. The summed E-state index contributed by atoms with van der Waals surface area (Å²) in [5.74, 6) is -3.37. The van der Waals surface area contributed by atoms with Crippen molar-refractivity contribution in [2.75, 3.05) is 31.0 Å². The largest absolute Gasteiger partial charge is 0.465 e. The number of carbonyl (C=O) groups excluding carboxylic acids is 2. The van der Waals surface area contributed by atoms with Gasteiger partial charge in [0.05, 0.1) is 48.1 Å². The van der Waals surface area contributed by atoms with Gasteiger partial charge in [-0.3, -0.25) is 9.69 Å². The molecule has 1 atom stereocenters. The summed E-state index contributed by atoms with van der Waals surface area (Å²) in [6.45, 7) is 1.43. The van der Waals surface area contributed by atoms with Crippen LogP contribution in [0.3, 0.4) is 0 Å². The molecular formula is C22H19F4N3O4S. The van der Waals surface area contributed by atoms with Crippen molar-refractivity contribution in [3.63, 3.8) is 0 Å². The Morgan fingerprint density at radius 2 is 1.88 bits per heavy atom. The van der Waals surface area contributed by atoms with Crippen molar-refractivity contribution in [1.29, 1.82) is 5.26 Å². The molecule has 34 heavy (non-hydrogen) atoms. The number of thiocarbonyl (C=S) groups is 1. The van der Waals surface area contributed by atoms with Crippen molar-refractivity contribution in [2.24, 2.45) is 5.92 Å². The second kappa shape index (κ2) is 11.0. The molecule has 0 aliphatic carbocycles. The summed E-state index contributed by atoms with van der Waals surface area (Å²) in [7, 11) is 2.43. The SMILES string of the molecule is COC[C@H](C)C(=O)N(C(=S)Nc1ccc(C(=O)OC)c(F)c1)c1ccc(C#N)c(C(F)(F)F)c1. The molecule has 2 aromatic rings. The molecule has 180 valence electrons. The van der Waals surface area contributed by atoms with Gasteiger partial charge in [-0.25, -0.2) is 9.18 Å². The molecule has 0 unspecified atom stereocenters. The lowest BCUT2D eigenvalue weighted by Crippen LogP contribution is -2.44. The molecule has 2 rings (SSSR count). The average molecular weight is 497 g/mol. The van der Waals surface area contributed by atoms with E-state index in [1.807, 2.05) is 0 Å². The summed E-state index contributed by atoms with van der Waals surface area (Å²) in [5, 5.41) is 11.3. The Bertz CT molecular complexity index is 1150. The van der Waals surface area contributed by atoms with E-state index in [-0.39, 0.29) is 28.7 Å². The zero-order chi connectivity index (χ0) is 25.6. The normalized spacial score (nSPS) is 11.8. The fraction of sp³-hybridized carbons (Fsp3) is 0.273. The number of anilines is 2. The fourth-order valence-electron chi connectivity index (χ4n) is 2.94. The van der Waals surface area contributed by atoms with Crippen LogP contribution in [0, 0.1) is 23.1 Å². The second-order valence-electron chi connectivity index (χ2n) is 6.99. The Labute approximate surface area is 197 Å². The maximum absolute atomic E-state index is 14.3. The number of carbonyl (C=O) groups is 2.